The zero-order valence-corrected chi connectivity index (χ0v) is 13.2. The van der Waals surface area contributed by atoms with Crippen molar-refractivity contribution < 1.29 is 9.53 Å². The molecule has 0 unspecified atom stereocenters. The smallest absolute Gasteiger partial charge is 0.171 e. The summed E-state index contributed by atoms with van der Waals surface area (Å²) >= 11 is 0. The Morgan fingerprint density at radius 1 is 1.24 bits per heavy atom. The summed E-state index contributed by atoms with van der Waals surface area (Å²) < 4.78 is 6.07. The molecule has 0 heterocycles. The molecule has 0 amide bonds. The van der Waals surface area contributed by atoms with Crippen molar-refractivity contribution >= 4 is 5.78 Å². The molecule has 0 N–H and O–H groups in total. The Morgan fingerprint density at radius 2 is 1.90 bits per heavy atom. The van der Waals surface area contributed by atoms with E-state index in [1.165, 1.54) is 0 Å². The standard InChI is InChI=1S/C19H24O2/c1-13-18(2,3)15-10-11-19(13,4)17(20)16(15)21-12-14-8-6-5-7-9-14/h5-9,15-16H,1,10-12H2,2-4H3/t15-,16+,19-/m1/s1. The fourth-order valence-electron chi connectivity index (χ4n) is 4.14. The highest BCUT2D eigenvalue weighted by molar-refractivity contribution is 5.94. The van der Waals surface area contributed by atoms with Crippen LogP contribution in [0.4, 0.5) is 0 Å². The summed E-state index contributed by atoms with van der Waals surface area (Å²) in [6.07, 6.45) is 1.68. The summed E-state index contributed by atoms with van der Waals surface area (Å²) in [6.45, 7) is 11.2. The van der Waals surface area contributed by atoms with Gasteiger partial charge in [0, 0.05) is 5.92 Å². The van der Waals surface area contributed by atoms with Crippen LogP contribution in [-0.4, -0.2) is 11.9 Å². The molecule has 3 atom stereocenters. The van der Waals surface area contributed by atoms with E-state index in [1.807, 2.05) is 37.3 Å². The Kier molecular flexibility index (Phi) is 3.32. The predicted molar refractivity (Wildman–Crippen MR) is 83.8 cm³/mol. The monoisotopic (exact) mass is 284 g/mol. The first-order valence-electron chi connectivity index (χ1n) is 7.77. The molecule has 1 aromatic rings. The first kappa shape index (κ1) is 14.5. The number of ketones is 1. The molecule has 0 saturated heterocycles. The zero-order valence-electron chi connectivity index (χ0n) is 13.2. The van der Waals surface area contributed by atoms with Crippen LogP contribution >= 0.6 is 0 Å². The van der Waals surface area contributed by atoms with Gasteiger partial charge in [0.15, 0.2) is 5.78 Å². The molecule has 21 heavy (non-hydrogen) atoms. The quantitative estimate of drug-likeness (QED) is 0.779. The van der Waals surface area contributed by atoms with Gasteiger partial charge in [0.1, 0.15) is 6.10 Å². The van der Waals surface area contributed by atoms with Crippen LogP contribution in [0, 0.1) is 16.7 Å². The van der Waals surface area contributed by atoms with Crippen LogP contribution in [0.2, 0.25) is 0 Å². The molecule has 2 heteroatoms. The second-order valence-corrected chi connectivity index (χ2v) is 7.26. The van der Waals surface area contributed by atoms with Crippen molar-refractivity contribution in [2.75, 3.05) is 0 Å². The highest BCUT2D eigenvalue weighted by Gasteiger charge is 2.60. The van der Waals surface area contributed by atoms with E-state index in [0.717, 1.165) is 24.0 Å². The maximum absolute atomic E-state index is 12.8. The Hall–Kier alpha value is -1.41. The van der Waals surface area contributed by atoms with Crippen LogP contribution in [0.25, 0.3) is 0 Å². The Bertz CT molecular complexity index is 572. The lowest BCUT2D eigenvalue weighted by Crippen LogP contribution is -2.60. The fourth-order valence-corrected chi connectivity index (χ4v) is 4.14. The van der Waals surface area contributed by atoms with E-state index in [1.54, 1.807) is 0 Å². The number of hydrogen-bond acceptors (Lipinski definition) is 2. The fraction of sp³-hybridized carbons (Fsp3) is 0.526. The molecule has 112 valence electrons. The number of rotatable bonds is 3. The number of carbonyl (C=O) groups is 1. The van der Waals surface area contributed by atoms with Crippen molar-refractivity contribution in [3.05, 3.63) is 48.0 Å². The minimum atomic E-state index is -0.403. The SMILES string of the molecule is C=C1C(C)(C)[C@@H]2CC[C@@]1(C)C(=O)[C@H]2OCc1ccccc1. The van der Waals surface area contributed by atoms with Crippen molar-refractivity contribution in [3.8, 4) is 0 Å². The highest BCUT2D eigenvalue weighted by Crippen LogP contribution is 2.60. The van der Waals surface area contributed by atoms with Crippen molar-refractivity contribution in [1.82, 2.24) is 0 Å². The summed E-state index contributed by atoms with van der Waals surface area (Å²) in [6, 6.07) is 10.1. The summed E-state index contributed by atoms with van der Waals surface area (Å²) in [5, 5.41) is 0. The lowest BCUT2D eigenvalue weighted by atomic mass is 9.47. The van der Waals surface area contributed by atoms with Crippen LogP contribution in [0.3, 0.4) is 0 Å². The van der Waals surface area contributed by atoms with Gasteiger partial charge in [-0.1, -0.05) is 56.3 Å². The lowest BCUT2D eigenvalue weighted by molar-refractivity contribution is -0.163. The second-order valence-electron chi connectivity index (χ2n) is 7.26. The first-order chi connectivity index (χ1) is 9.87. The van der Waals surface area contributed by atoms with Crippen LogP contribution in [0.1, 0.15) is 39.2 Å². The molecule has 3 fully saturated rings. The number of benzene rings is 1. The normalized spacial score (nSPS) is 34.2. The zero-order chi connectivity index (χ0) is 15.3. The molecule has 0 aromatic heterocycles. The van der Waals surface area contributed by atoms with Gasteiger partial charge in [-0.15, -0.1) is 0 Å². The summed E-state index contributed by atoms with van der Waals surface area (Å²) in [7, 11) is 0. The van der Waals surface area contributed by atoms with Crippen LogP contribution in [-0.2, 0) is 16.1 Å². The maximum atomic E-state index is 12.8. The number of hydrogen-bond donors (Lipinski definition) is 0. The van der Waals surface area contributed by atoms with Crippen molar-refractivity contribution in [1.29, 1.82) is 0 Å². The second kappa shape index (κ2) is 4.81. The Labute approximate surface area is 127 Å². The molecule has 2 bridgehead atoms. The number of ether oxygens (including phenoxy) is 1. The molecular formula is C19H24O2. The third-order valence-corrected chi connectivity index (χ3v) is 5.77. The van der Waals surface area contributed by atoms with Gasteiger partial charge >= 0.3 is 0 Å². The minimum Gasteiger partial charge on any atom is -0.365 e. The summed E-state index contributed by atoms with van der Waals surface area (Å²) in [5.41, 5.74) is 1.78. The average Bonchev–Trinajstić information content (AvgIpc) is 2.47. The maximum Gasteiger partial charge on any atom is 0.171 e. The molecule has 3 saturated carbocycles. The molecule has 0 radical (unpaired) electrons. The van der Waals surface area contributed by atoms with Crippen molar-refractivity contribution in [3.63, 3.8) is 0 Å². The molecule has 3 aliphatic carbocycles. The molecule has 0 aliphatic heterocycles. The van der Waals surface area contributed by atoms with Gasteiger partial charge in [-0.3, -0.25) is 4.79 Å². The minimum absolute atomic E-state index is 0.0255. The van der Waals surface area contributed by atoms with Gasteiger partial charge in [-0.05, 0) is 30.7 Å². The van der Waals surface area contributed by atoms with Gasteiger partial charge in [0.2, 0.25) is 0 Å². The third kappa shape index (κ3) is 2.08. The molecule has 2 nitrogen and oxygen atoms in total. The van der Waals surface area contributed by atoms with Gasteiger partial charge in [-0.2, -0.15) is 0 Å². The van der Waals surface area contributed by atoms with E-state index in [2.05, 4.69) is 20.4 Å². The van der Waals surface area contributed by atoms with Crippen molar-refractivity contribution in [2.45, 2.75) is 46.3 Å². The highest BCUT2D eigenvalue weighted by atomic mass is 16.5. The number of carbonyl (C=O) groups excluding carboxylic acids is 1. The molecular weight excluding hydrogens is 260 g/mol. The molecule has 3 aliphatic rings. The Morgan fingerprint density at radius 3 is 2.57 bits per heavy atom. The third-order valence-electron chi connectivity index (χ3n) is 5.77. The van der Waals surface area contributed by atoms with Crippen LogP contribution < -0.4 is 0 Å². The largest absolute Gasteiger partial charge is 0.365 e. The predicted octanol–water partition coefficient (Wildman–Crippen LogP) is 4.15. The average molecular weight is 284 g/mol. The molecule has 0 spiro atoms. The first-order valence-corrected chi connectivity index (χ1v) is 7.77. The van der Waals surface area contributed by atoms with E-state index in [-0.39, 0.29) is 23.2 Å². The lowest BCUT2D eigenvalue weighted by Gasteiger charge is -2.57. The topological polar surface area (TPSA) is 26.3 Å². The van der Waals surface area contributed by atoms with E-state index < -0.39 is 5.41 Å². The van der Waals surface area contributed by atoms with Crippen LogP contribution in [0.5, 0.6) is 0 Å². The number of Topliss-reactive ketones (excluding diaryl/α,β-unsaturated/α-hetero) is 1. The number of allylic oxidation sites excluding steroid dienone is 1. The van der Waals surface area contributed by atoms with Gasteiger partial charge < -0.3 is 4.74 Å². The summed E-state index contributed by atoms with van der Waals surface area (Å²) in [4.78, 5) is 12.8. The molecule has 1 aromatic carbocycles. The van der Waals surface area contributed by atoms with E-state index in [9.17, 15) is 4.79 Å². The van der Waals surface area contributed by atoms with Gasteiger partial charge in [0.05, 0.1) is 12.0 Å². The van der Waals surface area contributed by atoms with Gasteiger partial charge in [0.25, 0.3) is 0 Å². The van der Waals surface area contributed by atoms with E-state index in [0.29, 0.717) is 6.61 Å². The number of fused-ring (bicyclic) bond motifs is 3. The summed E-state index contributed by atoms with van der Waals surface area (Å²) in [5.74, 6) is 0.488. The van der Waals surface area contributed by atoms with Crippen molar-refractivity contribution in [2.24, 2.45) is 16.7 Å². The molecule has 4 rings (SSSR count). The van der Waals surface area contributed by atoms with E-state index in [4.69, 9.17) is 4.74 Å². The van der Waals surface area contributed by atoms with E-state index >= 15 is 0 Å². The van der Waals surface area contributed by atoms with Crippen LogP contribution in [0.15, 0.2) is 42.5 Å². The van der Waals surface area contributed by atoms with Gasteiger partial charge in [-0.25, -0.2) is 0 Å². The Balaban J connectivity index is 1.83.